The highest BCUT2D eigenvalue weighted by Gasteiger charge is 2.64. The molecule has 0 saturated heterocycles. The smallest absolute Gasteiger partial charge is 0.00248 e. The van der Waals surface area contributed by atoms with Gasteiger partial charge in [0.05, 0.1) is 0 Å². The van der Waals surface area contributed by atoms with Gasteiger partial charge >= 0.3 is 0 Å². The van der Waals surface area contributed by atoms with E-state index in [0.717, 1.165) is 0 Å². The topological polar surface area (TPSA) is 0 Å². The Kier molecular flexibility index (Phi) is 4.26. The minimum atomic E-state index is 0.274. The standard InChI is InChI=1S/C31H34/c1-2-28-20-29(25-12-6-3-7-13-25)18-19-30(21-28,26-14-8-4-9-15-26)24-31(22-28,23-29)27-16-10-5-11-17-27/h3-17H,2,18-24H2,1H3. The summed E-state index contributed by atoms with van der Waals surface area (Å²) in [5.41, 5.74) is 6.09. The largest absolute Gasteiger partial charge is 0.0649 e. The summed E-state index contributed by atoms with van der Waals surface area (Å²) in [6, 6.07) is 34.8. The molecule has 0 radical (unpaired) electrons. The van der Waals surface area contributed by atoms with Crippen LogP contribution in [-0.2, 0) is 16.2 Å². The Bertz CT molecular complexity index is 991. The van der Waals surface area contributed by atoms with Gasteiger partial charge in [0.1, 0.15) is 0 Å². The van der Waals surface area contributed by atoms with Gasteiger partial charge in [-0.1, -0.05) is 104 Å². The van der Waals surface area contributed by atoms with E-state index in [1.165, 1.54) is 51.4 Å². The fourth-order valence-corrected chi connectivity index (χ4v) is 8.53. The monoisotopic (exact) mass is 406 g/mol. The van der Waals surface area contributed by atoms with Gasteiger partial charge in [0.25, 0.3) is 0 Å². The van der Waals surface area contributed by atoms with Crippen molar-refractivity contribution in [3.05, 3.63) is 108 Å². The van der Waals surface area contributed by atoms with Gasteiger partial charge in [-0.2, -0.15) is 0 Å². The SMILES string of the molecule is CCC12CC3(c4ccccc4)CCC(c4ccccc4)(C1)CC(c1ccccc1)(C2)C3. The van der Waals surface area contributed by atoms with Gasteiger partial charge in [-0.3, -0.25) is 0 Å². The first kappa shape index (κ1) is 19.4. The normalized spacial score (nSPS) is 36.3. The molecule has 158 valence electrons. The van der Waals surface area contributed by atoms with Crippen molar-refractivity contribution in [1.29, 1.82) is 0 Å². The van der Waals surface area contributed by atoms with Crippen molar-refractivity contribution in [2.45, 2.75) is 74.5 Å². The molecular weight excluding hydrogens is 372 g/mol. The summed E-state index contributed by atoms with van der Waals surface area (Å²) in [7, 11) is 0. The van der Waals surface area contributed by atoms with Crippen LogP contribution in [0.25, 0.3) is 0 Å². The van der Waals surface area contributed by atoms with E-state index >= 15 is 0 Å². The van der Waals surface area contributed by atoms with Crippen molar-refractivity contribution in [3.63, 3.8) is 0 Å². The Hall–Kier alpha value is -2.34. The second-order valence-electron chi connectivity index (χ2n) is 11.2. The Morgan fingerprint density at radius 2 is 0.839 bits per heavy atom. The third-order valence-electron chi connectivity index (χ3n) is 9.48. The first-order valence-electron chi connectivity index (χ1n) is 12.3. The van der Waals surface area contributed by atoms with Crippen molar-refractivity contribution in [1.82, 2.24) is 0 Å². The highest BCUT2D eigenvalue weighted by molar-refractivity contribution is 5.42. The maximum Gasteiger partial charge on any atom is -0.00248 e. The zero-order valence-electron chi connectivity index (χ0n) is 18.8. The molecule has 2 atom stereocenters. The van der Waals surface area contributed by atoms with Gasteiger partial charge in [-0.05, 0) is 83.3 Å². The minimum Gasteiger partial charge on any atom is -0.0649 e. The zero-order valence-corrected chi connectivity index (χ0v) is 18.8. The molecular formula is C31H34. The van der Waals surface area contributed by atoms with Crippen LogP contribution in [-0.4, -0.2) is 0 Å². The van der Waals surface area contributed by atoms with Gasteiger partial charge in [-0.25, -0.2) is 0 Å². The molecule has 4 fully saturated rings. The summed E-state index contributed by atoms with van der Waals surface area (Å²) in [5, 5.41) is 0. The van der Waals surface area contributed by atoms with Crippen LogP contribution in [0.3, 0.4) is 0 Å². The molecule has 0 aromatic heterocycles. The number of fused-ring (bicyclic) bond motifs is 1. The predicted octanol–water partition coefficient (Wildman–Crippen LogP) is 7.97. The second kappa shape index (κ2) is 6.83. The van der Waals surface area contributed by atoms with Gasteiger partial charge in [0.15, 0.2) is 0 Å². The third kappa shape index (κ3) is 2.87. The number of hydrogen-bond acceptors (Lipinski definition) is 0. The van der Waals surface area contributed by atoms with Crippen LogP contribution in [0.5, 0.6) is 0 Å². The van der Waals surface area contributed by atoms with Crippen LogP contribution in [0.2, 0.25) is 0 Å². The predicted molar refractivity (Wildman–Crippen MR) is 129 cm³/mol. The van der Waals surface area contributed by atoms with Crippen molar-refractivity contribution in [2.24, 2.45) is 5.41 Å². The third-order valence-corrected chi connectivity index (χ3v) is 9.48. The van der Waals surface area contributed by atoms with E-state index in [4.69, 9.17) is 0 Å². The molecule has 0 spiro atoms. The molecule has 0 nitrogen and oxygen atoms in total. The number of benzene rings is 3. The summed E-state index contributed by atoms with van der Waals surface area (Å²) in [4.78, 5) is 0. The average Bonchev–Trinajstić information content (AvgIpc) is 3.02. The highest BCUT2D eigenvalue weighted by atomic mass is 14.7. The molecule has 31 heavy (non-hydrogen) atoms. The molecule has 3 aromatic carbocycles. The minimum absolute atomic E-state index is 0.274. The van der Waals surface area contributed by atoms with Crippen molar-refractivity contribution in [3.8, 4) is 0 Å². The Morgan fingerprint density at radius 1 is 0.484 bits per heavy atom. The Balaban J connectivity index is 1.61. The maximum atomic E-state index is 2.48. The average molecular weight is 407 g/mol. The molecule has 7 rings (SSSR count). The molecule has 0 heteroatoms. The lowest BCUT2D eigenvalue weighted by molar-refractivity contribution is -0.0174. The van der Waals surface area contributed by atoms with E-state index in [-0.39, 0.29) is 5.41 Å². The molecule has 0 aliphatic heterocycles. The number of hydrogen-bond donors (Lipinski definition) is 0. The first-order valence-corrected chi connectivity index (χ1v) is 12.3. The van der Waals surface area contributed by atoms with E-state index in [9.17, 15) is 0 Å². The lowest BCUT2D eigenvalue weighted by atomic mass is 9.42. The van der Waals surface area contributed by atoms with Gasteiger partial charge in [-0.15, -0.1) is 0 Å². The van der Waals surface area contributed by atoms with E-state index in [0.29, 0.717) is 16.2 Å². The summed E-state index contributed by atoms with van der Waals surface area (Å²) < 4.78 is 0. The number of rotatable bonds is 4. The Labute approximate surface area is 187 Å². The van der Waals surface area contributed by atoms with Crippen molar-refractivity contribution < 1.29 is 0 Å². The van der Waals surface area contributed by atoms with Crippen molar-refractivity contribution >= 4 is 0 Å². The molecule has 3 aromatic rings. The van der Waals surface area contributed by atoms with Crippen LogP contribution in [0, 0.1) is 5.41 Å². The second-order valence-corrected chi connectivity index (χ2v) is 11.2. The summed E-state index contributed by atoms with van der Waals surface area (Å²) in [5.74, 6) is 0. The molecule has 4 aliphatic rings. The van der Waals surface area contributed by atoms with Crippen LogP contribution in [0.1, 0.15) is 75.0 Å². The molecule has 4 bridgehead atoms. The fourth-order valence-electron chi connectivity index (χ4n) is 8.53. The molecule has 4 saturated carbocycles. The zero-order chi connectivity index (χ0) is 21.0. The lowest BCUT2D eigenvalue weighted by Crippen LogP contribution is -2.55. The summed E-state index contributed by atoms with van der Waals surface area (Å²) in [6.45, 7) is 2.48. The van der Waals surface area contributed by atoms with Gasteiger partial charge < -0.3 is 0 Å². The lowest BCUT2D eigenvalue weighted by Gasteiger charge is -2.62. The highest BCUT2D eigenvalue weighted by Crippen LogP contribution is 2.72. The molecule has 2 unspecified atom stereocenters. The molecule has 0 amide bonds. The van der Waals surface area contributed by atoms with Crippen LogP contribution >= 0.6 is 0 Å². The van der Waals surface area contributed by atoms with Crippen LogP contribution < -0.4 is 0 Å². The maximum absolute atomic E-state index is 2.48. The summed E-state index contributed by atoms with van der Waals surface area (Å²) >= 11 is 0. The van der Waals surface area contributed by atoms with E-state index in [1.54, 1.807) is 16.7 Å². The van der Waals surface area contributed by atoms with E-state index in [1.807, 2.05) is 0 Å². The van der Waals surface area contributed by atoms with Crippen LogP contribution in [0.15, 0.2) is 91.0 Å². The Morgan fingerprint density at radius 3 is 1.23 bits per heavy atom. The molecule has 4 aliphatic carbocycles. The fraction of sp³-hybridized carbons (Fsp3) is 0.419. The quantitative estimate of drug-likeness (QED) is 0.412. The first-order chi connectivity index (χ1) is 15.1. The van der Waals surface area contributed by atoms with E-state index in [2.05, 4.69) is 97.9 Å². The van der Waals surface area contributed by atoms with Gasteiger partial charge in [0, 0.05) is 0 Å². The van der Waals surface area contributed by atoms with E-state index < -0.39 is 0 Å². The van der Waals surface area contributed by atoms with Gasteiger partial charge in [0.2, 0.25) is 0 Å². The van der Waals surface area contributed by atoms with Crippen molar-refractivity contribution in [2.75, 3.05) is 0 Å². The summed E-state index contributed by atoms with van der Waals surface area (Å²) in [6.07, 6.45) is 10.7. The molecule has 0 N–H and O–H groups in total. The van der Waals surface area contributed by atoms with Crippen LogP contribution in [0.4, 0.5) is 0 Å². The molecule has 0 heterocycles.